The summed E-state index contributed by atoms with van der Waals surface area (Å²) in [4.78, 5) is 4.66. The van der Waals surface area contributed by atoms with Gasteiger partial charge in [0.15, 0.2) is 5.58 Å². The third-order valence-corrected chi connectivity index (χ3v) is 6.43. The fourth-order valence-corrected chi connectivity index (χ4v) is 4.92. The molecule has 0 spiro atoms. The maximum atomic E-state index is 5.75. The number of aromatic nitrogens is 3. The van der Waals surface area contributed by atoms with Crippen LogP contribution in [0.2, 0.25) is 0 Å². The van der Waals surface area contributed by atoms with Crippen molar-refractivity contribution in [3.63, 3.8) is 0 Å². The molecule has 1 aliphatic carbocycles. The zero-order chi connectivity index (χ0) is 19.9. The summed E-state index contributed by atoms with van der Waals surface area (Å²) in [6, 6.07) is 23.1. The van der Waals surface area contributed by atoms with Crippen LogP contribution in [0.1, 0.15) is 43.6 Å². The SMILES string of the molecule is c1ccc(-n2cnc3cc(-c4noc5cccc(C6CCCCC6)c45)ccc32)cc1. The van der Waals surface area contributed by atoms with Gasteiger partial charge in [-0.2, -0.15) is 0 Å². The van der Waals surface area contributed by atoms with Crippen LogP contribution in [0.25, 0.3) is 38.9 Å². The summed E-state index contributed by atoms with van der Waals surface area (Å²) >= 11 is 0. The van der Waals surface area contributed by atoms with E-state index in [4.69, 9.17) is 4.52 Å². The van der Waals surface area contributed by atoms with E-state index in [1.165, 1.54) is 43.1 Å². The molecule has 5 aromatic rings. The van der Waals surface area contributed by atoms with Crippen LogP contribution in [-0.4, -0.2) is 14.7 Å². The van der Waals surface area contributed by atoms with Gasteiger partial charge in [0, 0.05) is 11.3 Å². The van der Waals surface area contributed by atoms with Gasteiger partial charge in [0.25, 0.3) is 0 Å². The molecule has 0 N–H and O–H groups in total. The minimum Gasteiger partial charge on any atom is -0.356 e. The van der Waals surface area contributed by atoms with E-state index in [0.29, 0.717) is 5.92 Å². The maximum Gasteiger partial charge on any atom is 0.167 e. The highest BCUT2D eigenvalue weighted by atomic mass is 16.5. The third kappa shape index (κ3) is 2.83. The number of imidazole rings is 1. The van der Waals surface area contributed by atoms with Crippen molar-refractivity contribution < 1.29 is 4.52 Å². The third-order valence-electron chi connectivity index (χ3n) is 6.43. The van der Waals surface area contributed by atoms with E-state index >= 15 is 0 Å². The summed E-state index contributed by atoms with van der Waals surface area (Å²) in [6.45, 7) is 0. The molecule has 0 bridgehead atoms. The molecule has 0 unspecified atom stereocenters. The Morgan fingerprint density at radius 3 is 2.60 bits per heavy atom. The molecule has 1 fully saturated rings. The Balaban J connectivity index is 1.48. The number of rotatable bonds is 3. The van der Waals surface area contributed by atoms with Gasteiger partial charge < -0.3 is 4.52 Å². The van der Waals surface area contributed by atoms with Crippen molar-refractivity contribution in [2.24, 2.45) is 0 Å². The topological polar surface area (TPSA) is 43.9 Å². The van der Waals surface area contributed by atoms with Crippen LogP contribution >= 0.6 is 0 Å². The van der Waals surface area contributed by atoms with E-state index in [0.717, 1.165) is 33.6 Å². The molecule has 4 nitrogen and oxygen atoms in total. The number of fused-ring (bicyclic) bond motifs is 2. The molecule has 1 aliphatic rings. The quantitative estimate of drug-likeness (QED) is 0.335. The van der Waals surface area contributed by atoms with Gasteiger partial charge >= 0.3 is 0 Å². The fraction of sp³-hybridized carbons (Fsp3) is 0.231. The molecule has 148 valence electrons. The number of para-hydroxylation sites is 1. The van der Waals surface area contributed by atoms with Crippen LogP contribution in [-0.2, 0) is 0 Å². The molecule has 0 amide bonds. The fourth-order valence-electron chi connectivity index (χ4n) is 4.92. The lowest BCUT2D eigenvalue weighted by Crippen LogP contribution is -2.05. The van der Waals surface area contributed by atoms with Crippen LogP contribution in [0, 0.1) is 0 Å². The highest BCUT2D eigenvalue weighted by Gasteiger charge is 2.22. The molecule has 0 atom stereocenters. The average Bonchev–Trinajstić information content (AvgIpc) is 3.44. The van der Waals surface area contributed by atoms with E-state index in [1.807, 2.05) is 30.6 Å². The lowest BCUT2D eigenvalue weighted by Gasteiger charge is -2.22. The molecular weight excluding hydrogens is 370 g/mol. The first-order valence-electron chi connectivity index (χ1n) is 10.8. The Morgan fingerprint density at radius 2 is 1.73 bits per heavy atom. The summed E-state index contributed by atoms with van der Waals surface area (Å²) in [5.74, 6) is 0.599. The minimum atomic E-state index is 0.599. The van der Waals surface area contributed by atoms with Crippen molar-refractivity contribution in [2.45, 2.75) is 38.0 Å². The second-order valence-corrected chi connectivity index (χ2v) is 8.24. The first-order valence-corrected chi connectivity index (χ1v) is 10.8. The Kier molecular flexibility index (Phi) is 4.15. The Hall–Kier alpha value is -3.40. The highest BCUT2D eigenvalue weighted by molar-refractivity contribution is 5.96. The summed E-state index contributed by atoms with van der Waals surface area (Å²) in [5.41, 5.74) is 7.42. The Bertz CT molecular complexity index is 1330. The van der Waals surface area contributed by atoms with Gasteiger partial charge in [-0.3, -0.25) is 4.57 Å². The molecule has 0 aliphatic heterocycles. The molecule has 2 aromatic heterocycles. The standard InChI is InChI=1S/C26H23N3O/c1-3-8-18(9-4-1)21-12-7-13-24-25(21)26(28-30-24)19-14-15-23-22(16-19)27-17-29(23)20-10-5-2-6-11-20/h2,5-7,10-18H,1,3-4,8-9H2. The van der Waals surface area contributed by atoms with Crippen molar-refractivity contribution >= 4 is 22.0 Å². The summed E-state index contributed by atoms with van der Waals surface area (Å²) < 4.78 is 7.86. The molecule has 0 saturated heterocycles. The second-order valence-electron chi connectivity index (χ2n) is 8.24. The Labute approximate surface area is 175 Å². The monoisotopic (exact) mass is 393 g/mol. The number of benzene rings is 3. The predicted molar refractivity (Wildman–Crippen MR) is 120 cm³/mol. The molecule has 2 heterocycles. The van der Waals surface area contributed by atoms with Crippen molar-refractivity contribution in [1.82, 2.24) is 14.7 Å². The molecular formula is C26H23N3O. The normalized spacial score (nSPS) is 15.2. The minimum absolute atomic E-state index is 0.599. The molecule has 6 rings (SSSR count). The van der Waals surface area contributed by atoms with Crippen LogP contribution in [0.15, 0.2) is 77.6 Å². The van der Waals surface area contributed by atoms with Gasteiger partial charge in [-0.05, 0) is 54.7 Å². The number of nitrogens with zero attached hydrogens (tertiary/aromatic N) is 3. The smallest absolute Gasteiger partial charge is 0.167 e. The number of hydrogen-bond donors (Lipinski definition) is 0. The van der Waals surface area contributed by atoms with Crippen LogP contribution < -0.4 is 0 Å². The first kappa shape index (κ1) is 17.5. The van der Waals surface area contributed by atoms with Crippen molar-refractivity contribution in [1.29, 1.82) is 0 Å². The largest absolute Gasteiger partial charge is 0.356 e. The second kappa shape index (κ2) is 7.13. The van der Waals surface area contributed by atoms with E-state index in [1.54, 1.807) is 0 Å². The average molecular weight is 393 g/mol. The van der Waals surface area contributed by atoms with E-state index in [-0.39, 0.29) is 0 Å². The predicted octanol–water partition coefficient (Wildman–Crippen LogP) is 6.88. The molecule has 0 radical (unpaired) electrons. The number of hydrogen-bond acceptors (Lipinski definition) is 3. The molecule has 1 saturated carbocycles. The molecule has 30 heavy (non-hydrogen) atoms. The zero-order valence-electron chi connectivity index (χ0n) is 16.8. The van der Waals surface area contributed by atoms with Gasteiger partial charge in [0.05, 0.1) is 16.4 Å². The van der Waals surface area contributed by atoms with E-state index in [9.17, 15) is 0 Å². The van der Waals surface area contributed by atoms with Gasteiger partial charge in [0.2, 0.25) is 0 Å². The van der Waals surface area contributed by atoms with Crippen LogP contribution in [0.4, 0.5) is 0 Å². The van der Waals surface area contributed by atoms with Gasteiger partial charge in [-0.1, -0.05) is 60.8 Å². The highest BCUT2D eigenvalue weighted by Crippen LogP contribution is 2.40. The van der Waals surface area contributed by atoms with Crippen LogP contribution in [0.5, 0.6) is 0 Å². The summed E-state index contributed by atoms with van der Waals surface area (Å²) in [5, 5.41) is 5.66. The van der Waals surface area contributed by atoms with E-state index in [2.05, 4.69) is 57.2 Å². The Morgan fingerprint density at radius 1 is 0.867 bits per heavy atom. The van der Waals surface area contributed by atoms with Gasteiger partial charge in [0.1, 0.15) is 12.0 Å². The van der Waals surface area contributed by atoms with E-state index < -0.39 is 0 Å². The zero-order valence-corrected chi connectivity index (χ0v) is 16.8. The van der Waals surface area contributed by atoms with Gasteiger partial charge in [-0.25, -0.2) is 4.98 Å². The molecule has 3 aromatic carbocycles. The van der Waals surface area contributed by atoms with Crippen molar-refractivity contribution in [2.75, 3.05) is 0 Å². The first-order chi connectivity index (χ1) is 14.9. The molecule has 4 heteroatoms. The van der Waals surface area contributed by atoms with Crippen LogP contribution in [0.3, 0.4) is 0 Å². The summed E-state index contributed by atoms with van der Waals surface area (Å²) in [6.07, 6.45) is 8.37. The lowest BCUT2D eigenvalue weighted by molar-refractivity contribution is 0.445. The summed E-state index contributed by atoms with van der Waals surface area (Å²) in [7, 11) is 0. The lowest BCUT2D eigenvalue weighted by atomic mass is 9.82. The van der Waals surface area contributed by atoms with Gasteiger partial charge in [-0.15, -0.1) is 0 Å². The maximum absolute atomic E-state index is 5.75. The van der Waals surface area contributed by atoms with Crippen molar-refractivity contribution in [3.8, 4) is 16.9 Å². The van der Waals surface area contributed by atoms with Crippen molar-refractivity contribution in [3.05, 3.63) is 78.6 Å².